The van der Waals surface area contributed by atoms with Crippen molar-refractivity contribution in [3.63, 3.8) is 0 Å². The molecule has 0 radical (unpaired) electrons. The number of aliphatic hydroxyl groups excluding tert-OH is 1. The van der Waals surface area contributed by atoms with Crippen LogP contribution in [0.1, 0.15) is 18.3 Å². The molecule has 122 valence electrons. The summed E-state index contributed by atoms with van der Waals surface area (Å²) in [7, 11) is 0. The minimum atomic E-state index is -1.03. The topological polar surface area (TPSA) is 83.3 Å². The molecule has 0 fully saturated rings. The number of fused-ring (bicyclic) bond motifs is 1. The van der Waals surface area contributed by atoms with Gasteiger partial charge in [-0.3, -0.25) is 0 Å². The van der Waals surface area contributed by atoms with Gasteiger partial charge in [0.05, 0.1) is 31.4 Å². The molecule has 2 heterocycles. The fourth-order valence-electron chi connectivity index (χ4n) is 2.52. The van der Waals surface area contributed by atoms with Gasteiger partial charge in [-0.25, -0.2) is 18.3 Å². The van der Waals surface area contributed by atoms with Gasteiger partial charge in [0.1, 0.15) is 5.69 Å². The maximum absolute atomic E-state index is 13.2. The van der Waals surface area contributed by atoms with Gasteiger partial charge in [0.25, 0.3) is 0 Å². The number of urea groups is 1. The van der Waals surface area contributed by atoms with Crippen LogP contribution >= 0.6 is 0 Å². The number of aromatic nitrogens is 3. The molecular formula is C14H15F2N5O2. The molecule has 1 aromatic carbocycles. The lowest BCUT2D eigenvalue weighted by Gasteiger charge is -2.33. The molecular weight excluding hydrogens is 308 g/mol. The number of aliphatic hydroxyl groups is 1. The Morgan fingerprint density at radius 2 is 2.22 bits per heavy atom. The number of hydrogen-bond donors (Lipinski definition) is 2. The molecule has 2 N–H and O–H groups in total. The summed E-state index contributed by atoms with van der Waals surface area (Å²) in [6.07, 6.45) is 0. The van der Waals surface area contributed by atoms with Gasteiger partial charge in [0, 0.05) is 11.8 Å². The van der Waals surface area contributed by atoms with Crippen molar-refractivity contribution in [1.29, 1.82) is 0 Å². The Bertz CT molecular complexity index is 749. The molecule has 1 aliphatic heterocycles. The zero-order valence-corrected chi connectivity index (χ0v) is 12.3. The fourth-order valence-corrected chi connectivity index (χ4v) is 2.52. The molecule has 2 amide bonds. The minimum absolute atomic E-state index is 0.166. The number of nitrogens with zero attached hydrogens (tertiary/aromatic N) is 4. The third-order valence-electron chi connectivity index (χ3n) is 3.79. The van der Waals surface area contributed by atoms with Crippen molar-refractivity contribution in [1.82, 2.24) is 19.9 Å². The molecule has 1 aliphatic rings. The van der Waals surface area contributed by atoms with E-state index in [-0.39, 0.29) is 24.9 Å². The first-order chi connectivity index (χ1) is 11.0. The number of anilines is 1. The second kappa shape index (κ2) is 5.92. The van der Waals surface area contributed by atoms with Crippen molar-refractivity contribution in [3.05, 3.63) is 41.2 Å². The molecule has 23 heavy (non-hydrogen) atoms. The van der Waals surface area contributed by atoms with Crippen molar-refractivity contribution in [3.8, 4) is 0 Å². The number of rotatable bonds is 2. The lowest BCUT2D eigenvalue weighted by Crippen LogP contribution is -2.47. The quantitative estimate of drug-likeness (QED) is 0.877. The van der Waals surface area contributed by atoms with Gasteiger partial charge in [-0.2, -0.15) is 0 Å². The van der Waals surface area contributed by atoms with Gasteiger partial charge in [0.15, 0.2) is 11.6 Å². The summed E-state index contributed by atoms with van der Waals surface area (Å²) in [5.41, 5.74) is 1.24. The predicted molar refractivity (Wildman–Crippen MR) is 76.3 cm³/mol. The van der Waals surface area contributed by atoms with E-state index in [0.29, 0.717) is 17.9 Å². The summed E-state index contributed by atoms with van der Waals surface area (Å²) in [6.45, 7) is 2.24. The highest BCUT2D eigenvalue weighted by molar-refractivity contribution is 5.89. The van der Waals surface area contributed by atoms with Crippen molar-refractivity contribution >= 4 is 11.7 Å². The lowest BCUT2D eigenvalue weighted by molar-refractivity contribution is 0.159. The van der Waals surface area contributed by atoms with E-state index in [1.165, 1.54) is 11.0 Å². The normalized spacial score (nSPS) is 17.0. The Labute approximate surface area is 130 Å². The summed E-state index contributed by atoms with van der Waals surface area (Å²) in [4.78, 5) is 13.9. The van der Waals surface area contributed by atoms with Crippen LogP contribution in [0.3, 0.4) is 0 Å². The van der Waals surface area contributed by atoms with Crippen LogP contribution in [0.2, 0.25) is 0 Å². The van der Waals surface area contributed by atoms with Crippen LogP contribution < -0.4 is 5.32 Å². The average Bonchev–Trinajstić information content (AvgIpc) is 2.91. The molecule has 0 spiro atoms. The lowest BCUT2D eigenvalue weighted by atomic mass is 10.2. The molecule has 3 rings (SSSR count). The number of carbonyl (C=O) groups excluding carboxylic acids is 1. The maximum Gasteiger partial charge on any atom is 0.322 e. The summed E-state index contributed by atoms with van der Waals surface area (Å²) < 4.78 is 27.8. The van der Waals surface area contributed by atoms with E-state index in [1.807, 2.05) is 6.92 Å². The third kappa shape index (κ3) is 2.87. The number of carbonyl (C=O) groups is 1. The van der Waals surface area contributed by atoms with Crippen LogP contribution in [0.25, 0.3) is 0 Å². The van der Waals surface area contributed by atoms with E-state index in [0.717, 1.165) is 12.1 Å². The highest BCUT2D eigenvalue weighted by atomic mass is 19.2. The van der Waals surface area contributed by atoms with Crippen molar-refractivity contribution < 1.29 is 18.7 Å². The van der Waals surface area contributed by atoms with Crippen LogP contribution in [0, 0.1) is 11.6 Å². The van der Waals surface area contributed by atoms with Gasteiger partial charge in [-0.1, -0.05) is 5.21 Å². The molecule has 1 aromatic heterocycles. The van der Waals surface area contributed by atoms with E-state index in [1.54, 1.807) is 4.68 Å². The largest absolute Gasteiger partial charge is 0.390 e. The molecule has 9 heteroatoms. The van der Waals surface area contributed by atoms with Crippen molar-refractivity contribution in [2.24, 2.45) is 0 Å². The Morgan fingerprint density at radius 3 is 2.91 bits per heavy atom. The molecule has 0 saturated carbocycles. The van der Waals surface area contributed by atoms with Gasteiger partial charge in [-0.15, -0.1) is 5.10 Å². The summed E-state index contributed by atoms with van der Waals surface area (Å²) in [5, 5.41) is 19.6. The summed E-state index contributed by atoms with van der Waals surface area (Å²) in [5.74, 6) is -2.00. The zero-order valence-electron chi connectivity index (χ0n) is 12.3. The van der Waals surface area contributed by atoms with Crippen molar-refractivity contribution in [2.45, 2.75) is 32.7 Å². The van der Waals surface area contributed by atoms with Crippen LogP contribution in [0.4, 0.5) is 19.3 Å². The standard InChI is InChI=1S/C14H15F2N5O2/c1-8-5-21-13(12(7-22)18-19-21)6-20(8)14(23)17-9-2-3-10(15)11(16)4-9/h2-4,8,22H,5-7H2,1H3,(H,17,23)/t8-/m0/s1. The maximum atomic E-state index is 13.2. The minimum Gasteiger partial charge on any atom is -0.390 e. The molecule has 0 bridgehead atoms. The van der Waals surface area contributed by atoms with E-state index >= 15 is 0 Å². The monoisotopic (exact) mass is 323 g/mol. The van der Waals surface area contributed by atoms with Crippen LogP contribution in [0.5, 0.6) is 0 Å². The Hall–Kier alpha value is -2.55. The summed E-state index contributed by atoms with van der Waals surface area (Å²) >= 11 is 0. The average molecular weight is 323 g/mol. The van der Waals surface area contributed by atoms with E-state index in [4.69, 9.17) is 0 Å². The molecule has 0 saturated heterocycles. The highest BCUT2D eigenvalue weighted by Crippen LogP contribution is 2.21. The van der Waals surface area contributed by atoms with Gasteiger partial charge < -0.3 is 15.3 Å². The Kier molecular flexibility index (Phi) is 3.95. The van der Waals surface area contributed by atoms with Crippen LogP contribution in [0.15, 0.2) is 18.2 Å². The second-order valence-electron chi connectivity index (χ2n) is 5.36. The molecule has 7 nitrogen and oxygen atoms in total. The number of nitrogens with one attached hydrogen (secondary N) is 1. The van der Waals surface area contributed by atoms with Crippen LogP contribution in [-0.4, -0.2) is 37.1 Å². The zero-order chi connectivity index (χ0) is 16.6. The van der Waals surface area contributed by atoms with Crippen LogP contribution in [-0.2, 0) is 19.7 Å². The predicted octanol–water partition coefficient (Wildman–Crippen LogP) is 1.48. The van der Waals surface area contributed by atoms with Gasteiger partial charge in [0.2, 0.25) is 0 Å². The Balaban J connectivity index is 1.78. The van der Waals surface area contributed by atoms with E-state index in [2.05, 4.69) is 15.6 Å². The summed E-state index contributed by atoms with van der Waals surface area (Å²) in [6, 6.07) is 2.55. The van der Waals surface area contributed by atoms with E-state index < -0.39 is 17.7 Å². The molecule has 0 unspecified atom stereocenters. The van der Waals surface area contributed by atoms with E-state index in [9.17, 15) is 18.7 Å². The third-order valence-corrected chi connectivity index (χ3v) is 3.79. The number of hydrogen-bond acceptors (Lipinski definition) is 4. The fraction of sp³-hybridized carbons (Fsp3) is 0.357. The smallest absolute Gasteiger partial charge is 0.322 e. The molecule has 2 aromatic rings. The highest BCUT2D eigenvalue weighted by Gasteiger charge is 2.30. The molecule has 0 aliphatic carbocycles. The number of halogens is 2. The first-order valence-corrected chi connectivity index (χ1v) is 7.04. The first-order valence-electron chi connectivity index (χ1n) is 7.04. The van der Waals surface area contributed by atoms with Gasteiger partial charge >= 0.3 is 6.03 Å². The number of benzene rings is 1. The molecule has 1 atom stereocenters. The Morgan fingerprint density at radius 1 is 1.43 bits per heavy atom. The first kappa shape index (κ1) is 15.3. The number of amides is 2. The SMILES string of the molecule is C[C@H]1Cn2nnc(CO)c2CN1C(=O)Nc1ccc(F)c(F)c1. The van der Waals surface area contributed by atoms with Gasteiger partial charge in [-0.05, 0) is 19.1 Å². The second-order valence-corrected chi connectivity index (χ2v) is 5.36. The van der Waals surface area contributed by atoms with Crippen molar-refractivity contribution in [2.75, 3.05) is 5.32 Å².